The van der Waals surface area contributed by atoms with Crippen molar-refractivity contribution in [1.29, 1.82) is 0 Å². The van der Waals surface area contributed by atoms with Crippen molar-refractivity contribution in [3.63, 3.8) is 0 Å². The highest BCUT2D eigenvalue weighted by molar-refractivity contribution is 4.76. The summed E-state index contributed by atoms with van der Waals surface area (Å²) in [6.45, 7) is 12.8. The molecule has 0 aromatic heterocycles. The monoisotopic (exact) mass is 187 g/mol. The SMILES string of the molecule is CCCNC(C(C)C)C(C)OCC. The van der Waals surface area contributed by atoms with Crippen LogP contribution in [-0.4, -0.2) is 25.3 Å². The molecule has 13 heavy (non-hydrogen) atoms. The second-order valence-electron chi connectivity index (χ2n) is 3.88. The molecule has 0 aromatic carbocycles. The summed E-state index contributed by atoms with van der Waals surface area (Å²) in [4.78, 5) is 0. The summed E-state index contributed by atoms with van der Waals surface area (Å²) in [5.74, 6) is 0.632. The second-order valence-corrected chi connectivity index (χ2v) is 3.88. The topological polar surface area (TPSA) is 21.3 Å². The Morgan fingerprint density at radius 2 is 1.77 bits per heavy atom. The standard InChI is InChI=1S/C11H25NO/c1-6-8-12-11(9(3)4)10(5)13-7-2/h9-12H,6-8H2,1-5H3. The summed E-state index contributed by atoms with van der Waals surface area (Å²) in [7, 11) is 0. The van der Waals surface area contributed by atoms with Crippen LogP contribution in [0, 0.1) is 5.92 Å². The zero-order valence-electron chi connectivity index (χ0n) is 9.76. The first kappa shape index (κ1) is 12.9. The molecular weight excluding hydrogens is 162 g/mol. The molecule has 2 heteroatoms. The first-order valence-electron chi connectivity index (χ1n) is 5.48. The molecule has 0 spiro atoms. The van der Waals surface area contributed by atoms with E-state index in [1.807, 2.05) is 6.92 Å². The number of hydrogen-bond donors (Lipinski definition) is 1. The largest absolute Gasteiger partial charge is 0.377 e. The van der Waals surface area contributed by atoms with Crippen molar-refractivity contribution in [2.75, 3.05) is 13.2 Å². The number of nitrogens with one attached hydrogen (secondary N) is 1. The van der Waals surface area contributed by atoms with Gasteiger partial charge in [-0.05, 0) is 32.7 Å². The third-order valence-electron chi connectivity index (χ3n) is 2.28. The van der Waals surface area contributed by atoms with Crippen molar-refractivity contribution in [2.24, 2.45) is 5.92 Å². The maximum absolute atomic E-state index is 5.60. The normalized spacial score (nSPS) is 16.2. The van der Waals surface area contributed by atoms with Gasteiger partial charge in [0, 0.05) is 12.6 Å². The molecule has 0 rings (SSSR count). The highest BCUT2D eigenvalue weighted by Gasteiger charge is 2.19. The van der Waals surface area contributed by atoms with Crippen molar-refractivity contribution < 1.29 is 4.74 Å². The van der Waals surface area contributed by atoms with Crippen LogP contribution in [0.4, 0.5) is 0 Å². The van der Waals surface area contributed by atoms with Crippen LogP contribution in [0.5, 0.6) is 0 Å². The van der Waals surface area contributed by atoms with Gasteiger partial charge in [0.1, 0.15) is 0 Å². The van der Waals surface area contributed by atoms with E-state index in [2.05, 4.69) is 33.0 Å². The van der Waals surface area contributed by atoms with E-state index in [-0.39, 0.29) is 0 Å². The van der Waals surface area contributed by atoms with E-state index in [0.29, 0.717) is 18.1 Å². The lowest BCUT2D eigenvalue weighted by Crippen LogP contribution is -2.44. The molecule has 0 aliphatic heterocycles. The van der Waals surface area contributed by atoms with Crippen LogP contribution in [0.15, 0.2) is 0 Å². The Bertz CT molecular complexity index is 115. The summed E-state index contributed by atoms with van der Waals surface area (Å²) < 4.78 is 5.60. The Morgan fingerprint density at radius 3 is 2.15 bits per heavy atom. The zero-order valence-corrected chi connectivity index (χ0v) is 9.76. The first-order chi connectivity index (χ1) is 6.13. The fourth-order valence-corrected chi connectivity index (χ4v) is 1.62. The minimum absolute atomic E-state index is 0.316. The summed E-state index contributed by atoms with van der Waals surface area (Å²) >= 11 is 0. The lowest BCUT2D eigenvalue weighted by Gasteiger charge is -2.28. The van der Waals surface area contributed by atoms with E-state index < -0.39 is 0 Å². The molecule has 2 atom stereocenters. The fraction of sp³-hybridized carbons (Fsp3) is 1.00. The molecule has 0 saturated carbocycles. The third-order valence-corrected chi connectivity index (χ3v) is 2.28. The van der Waals surface area contributed by atoms with Crippen LogP contribution >= 0.6 is 0 Å². The Labute approximate surface area is 83.1 Å². The Morgan fingerprint density at radius 1 is 1.15 bits per heavy atom. The van der Waals surface area contributed by atoms with Crippen LogP contribution in [0.1, 0.15) is 41.0 Å². The predicted octanol–water partition coefficient (Wildman–Crippen LogP) is 2.44. The average Bonchev–Trinajstić information content (AvgIpc) is 2.05. The van der Waals surface area contributed by atoms with Crippen molar-refractivity contribution in [2.45, 2.75) is 53.2 Å². The molecule has 0 saturated heterocycles. The maximum atomic E-state index is 5.60. The molecule has 80 valence electrons. The van der Waals surface area contributed by atoms with Crippen LogP contribution in [-0.2, 0) is 4.74 Å². The lowest BCUT2D eigenvalue weighted by atomic mass is 9.99. The van der Waals surface area contributed by atoms with Gasteiger partial charge in [-0.3, -0.25) is 0 Å². The first-order valence-corrected chi connectivity index (χ1v) is 5.48. The number of hydrogen-bond acceptors (Lipinski definition) is 2. The Balaban J connectivity index is 3.91. The Hall–Kier alpha value is -0.0800. The van der Waals surface area contributed by atoms with E-state index >= 15 is 0 Å². The van der Waals surface area contributed by atoms with E-state index in [4.69, 9.17) is 4.74 Å². The van der Waals surface area contributed by atoms with Gasteiger partial charge in [0.05, 0.1) is 6.10 Å². The molecule has 0 radical (unpaired) electrons. The van der Waals surface area contributed by atoms with Crippen LogP contribution < -0.4 is 5.32 Å². The highest BCUT2D eigenvalue weighted by atomic mass is 16.5. The summed E-state index contributed by atoms with van der Waals surface area (Å²) in [6, 6.07) is 0.486. The van der Waals surface area contributed by atoms with Gasteiger partial charge in [-0.15, -0.1) is 0 Å². The van der Waals surface area contributed by atoms with Gasteiger partial charge in [-0.2, -0.15) is 0 Å². The molecule has 0 aliphatic carbocycles. The second kappa shape index (κ2) is 7.34. The smallest absolute Gasteiger partial charge is 0.0702 e. The number of rotatable bonds is 7. The minimum atomic E-state index is 0.316. The molecule has 0 fully saturated rings. The van der Waals surface area contributed by atoms with Gasteiger partial charge in [-0.1, -0.05) is 20.8 Å². The van der Waals surface area contributed by atoms with E-state index in [9.17, 15) is 0 Å². The van der Waals surface area contributed by atoms with Gasteiger partial charge in [0.15, 0.2) is 0 Å². The van der Waals surface area contributed by atoms with Crippen LogP contribution in [0.2, 0.25) is 0 Å². The maximum Gasteiger partial charge on any atom is 0.0702 e. The van der Waals surface area contributed by atoms with Gasteiger partial charge in [-0.25, -0.2) is 0 Å². The molecule has 1 N–H and O–H groups in total. The zero-order chi connectivity index (χ0) is 10.3. The molecule has 2 nitrogen and oxygen atoms in total. The van der Waals surface area contributed by atoms with Gasteiger partial charge < -0.3 is 10.1 Å². The number of ether oxygens (including phenoxy) is 1. The van der Waals surface area contributed by atoms with Crippen LogP contribution in [0.3, 0.4) is 0 Å². The molecule has 0 amide bonds. The van der Waals surface area contributed by atoms with Crippen molar-refractivity contribution in [3.05, 3.63) is 0 Å². The fourth-order valence-electron chi connectivity index (χ4n) is 1.62. The third kappa shape index (κ3) is 5.27. The van der Waals surface area contributed by atoms with Crippen molar-refractivity contribution in [1.82, 2.24) is 5.32 Å². The summed E-state index contributed by atoms with van der Waals surface area (Å²) in [5.41, 5.74) is 0. The lowest BCUT2D eigenvalue weighted by molar-refractivity contribution is 0.0348. The molecule has 0 bridgehead atoms. The van der Waals surface area contributed by atoms with Gasteiger partial charge in [0.25, 0.3) is 0 Å². The predicted molar refractivity (Wildman–Crippen MR) is 58.0 cm³/mol. The Kier molecular flexibility index (Phi) is 7.29. The van der Waals surface area contributed by atoms with Crippen molar-refractivity contribution >= 4 is 0 Å². The summed E-state index contributed by atoms with van der Waals surface area (Å²) in [5, 5.41) is 3.53. The van der Waals surface area contributed by atoms with Crippen molar-refractivity contribution in [3.8, 4) is 0 Å². The molecule has 2 unspecified atom stereocenters. The van der Waals surface area contributed by atoms with Crippen LogP contribution in [0.25, 0.3) is 0 Å². The van der Waals surface area contributed by atoms with E-state index in [1.165, 1.54) is 6.42 Å². The summed E-state index contributed by atoms with van der Waals surface area (Å²) in [6.07, 6.45) is 1.50. The molecular formula is C11H25NO. The molecule has 0 aromatic rings. The quantitative estimate of drug-likeness (QED) is 0.661. The van der Waals surface area contributed by atoms with E-state index in [0.717, 1.165) is 13.2 Å². The average molecular weight is 187 g/mol. The van der Waals surface area contributed by atoms with Gasteiger partial charge >= 0.3 is 0 Å². The molecule has 0 aliphatic rings. The molecule has 0 heterocycles. The van der Waals surface area contributed by atoms with Gasteiger partial charge in [0.2, 0.25) is 0 Å². The highest BCUT2D eigenvalue weighted by Crippen LogP contribution is 2.09. The minimum Gasteiger partial charge on any atom is -0.377 e. The van der Waals surface area contributed by atoms with E-state index in [1.54, 1.807) is 0 Å².